The molecule has 0 aliphatic carbocycles. The van der Waals surface area contributed by atoms with Gasteiger partial charge < -0.3 is 24.8 Å². The molecule has 2 heterocycles. The lowest BCUT2D eigenvalue weighted by Gasteiger charge is -2.14. The van der Waals surface area contributed by atoms with Crippen molar-refractivity contribution in [1.82, 2.24) is 15.3 Å². The van der Waals surface area contributed by atoms with Crippen LogP contribution in [-0.4, -0.2) is 37.2 Å². The molecular formula is C20H21ClN4O4S. The molecule has 2 N–H and O–H groups in total. The molecular weight excluding hydrogens is 428 g/mol. The number of rotatable bonds is 9. The number of carbonyl (C=O) groups excluding carboxylic acids is 1. The van der Waals surface area contributed by atoms with Gasteiger partial charge in [-0.2, -0.15) is 0 Å². The average Bonchev–Trinajstić information content (AvgIpc) is 3.19. The van der Waals surface area contributed by atoms with E-state index in [-0.39, 0.29) is 12.3 Å². The van der Waals surface area contributed by atoms with Crippen molar-refractivity contribution in [1.29, 1.82) is 0 Å². The van der Waals surface area contributed by atoms with Gasteiger partial charge in [0.1, 0.15) is 5.82 Å². The normalized spacial score (nSPS) is 10.4. The van der Waals surface area contributed by atoms with Crippen molar-refractivity contribution in [3.05, 3.63) is 52.1 Å². The zero-order valence-electron chi connectivity index (χ0n) is 16.7. The predicted octanol–water partition coefficient (Wildman–Crippen LogP) is 3.82. The first-order valence-electron chi connectivity index (χ1n) is 8.91. The third-order valence-electron chi connectivity index (χ3n) is 4.07. The van der Waals surface area contributed by atoms with E-state index in [9.17, 15) is 4.79 Å². The molecule has 0 aliphatic heterocycles. The second-order valence-electron chi connectivity index (χ2n) is 6.12. The van der Waals surface area contributed by atoms with Crippen LogP contribution in [0.15, 0.2) is 35.8 Å². The molecule has 3 aromatic rings. The number of carbonyl (C=O) groups is 1. The van der Waals surface area contributed by atoms with Gasteiger partial charge >= 0.3 is 0 Å². The summed E-state index contributed by atoms with van der Waals surface area (Å²) in [6, 6.07) is 7.09. The number of amides is 1. The Labute approximate surface area is 183 Å². The third kappa shape index (κ3) is 5.52. The highest BCUT2D eigenvalue weighted by Crippen LogP contribution is 2.38. The average molecular weight is 449 g/mol. The number of halogens is 1. The second-order valence-corrected chi connectivity index (χ2v) is 7.41. The Morgan fingerprint density at radius 2 is 1.87 bits per heavy atom. The van der Waals surface area contributed by atoms with Crippen molar-refractivity contribution in [2.24, 2.45) is 0 Å². The molecule has 10 heteroatoms. The molecule has 30 heavy (non-hydrogen) atoms. The van der Waals surface area contributed by atoms with E-state index in [1.165, 1.54) is 11.3 Å². The van der Waals surface area contributed by atoms with Gasteiger partial charge in [-0.15, -0.1) is 11.3 Å². The number of nitrogens with one attached hydrogen (secondary N) is 2. The van der Waals surface area contributed by atoms with E-state index >= 15 is 0 Å². The number of thiazole rings is 1. The summed E-state index contributed by atoms with van der Waals surface area (Å²) in [6.07, 6.45) is 1.71. The second kappa shape index (κ2) is 10.1. The van der Waals surface area contributed by atoms with Crippen LogP contribution >= 0.6 is 22.9 Å². The summed E-state index contributed by atoms with van der Waals surface area (Å²) in [7, 11) is 4.64. The summed E-state index contributed by atoms with van der Waals surface area (Å²) in [4.78, 5) is 20.9. The fourth-order valence-corrected chi connectivity index (χ4v) is 3.50. The summed E-state index contributed by atoms with van der Waals surface area (Å²) >= 11 is 7.23. The number of hydrogen-bond donors (Lipinski definition) is 2. The van der Waals surface area contributed by atoms with Crippen LogP contribution in [0.1, 0.15) is 11.3 Å². The topological polar surface area (TPSA) is 94.6 Å². The number of nitrogens with zero attached hydrogens (tertiary/aromatic N) is 2. The fraction of sp³-hybridized carbons (Fsp3) is 0.250. The standard InChI is InChI=1S/C20H21ClN4O4S/c1-27-15-6-12(7-16(28-2)19(15)29-3)9-23-18(26)8-14-11-30-20(24-14)25-17-5-4-13(21)10-22-17/h4-7,10-11H,8-9H2,1-3H3,(H,23,26)(H,22,24,25). The van der Waals surface area contributed by atoms with Crippen LogP contribution in [0.3, 0.4) is 0 Å². The molecule has 1 aromatic carbocycles. The summed E-state index contributed by atoms with van der Waals surface area (Å²) in [5.74, 6) is 2.06. The van der Waals surface area contributed by atoms with E-state index < -0.39 is 0 Å². The maximum atomic E-state index is 12.3. The van der Waals surface area contributed by atoms with E-state index in [4.69, 9.17) is 25.8 Å². The van der Waals surface area contributed by atoms with E-state index in [1.54, 1.807) is 51.8 Å². The van der Waals surface area contributed by atoms with Gasteiger partial charge in [-0.05, 0) is 29.8 Å². The Morgan fingerprint density at radius 1 is 1.13 bits per heavy atom. The molecule has 0 aliphatic rings. The number of anilines is 2. The molecule has 0 bridgehead atoms. The number of ether oxygens (including phenoxy) is 3. The monoisotopic (exact) mass is 448 g/mol. The SMILES string of the molecule is COc1cc(CNC(=O)Cc2csc(Nc3ccc(Cl)cn3)n2)cc(OC)c1OC. The fourth-order valence-electron chi connectivity index (χ4n) is 2.67. The molecule has 1 amide bonds. The molecule has 0 saturated heterocycles. The highest BCUT2D eigenvalue weighted by Gasteiger charge is 2.14. The highest BCUT2D eigenvalue weighted by atomic mass is 35.5. The Morgan fingerprint density at radius 3 is 2.47 bits per heavy atom. The minimum Gasteiger partial charge on any atom is -0.493 e. The van der Waals surface area contributed by atoms with Gasteiger partial charge in [-0.25, -0.2) is 9.97 Å². The molecule has 8 nitrogen and oxygen atoms in total. The third-order valence-corrected chi connectivity index (χ3v) is 5.10. The van der Waals surface area contributed by atoms with Crippen molar-refractivity contribution in [2.45, 2.75) is 13.0 Å². The Balaban J connectivity index is 1.57. The van der Waals surface area contributed by atoms with E-state index in [0.717, 1.165) is 5.56 Å². The summed E-state index contributed by atoms with van der Waals surface area (Å²) in [6.45, 7) is 0.319. The quantitative estimate of drug-likeness (QED) is 0.513. The van der Waals surface area contributed by atoms with Gasteiger partial charge in [0.25, 0.3) is 0 Å². The van der Waals surface area contributed by atoms with Gasteiger partial charge in [-0.1, -0.05) is 11.6 Å². The van der Waals surface area contributed by atoms with Crippen LogP contribution in [0, 0.1) is 0 Å². The van der Waals surface area contributed by atoms with E-state index in [1.807, 2.05) is 5.38 Å². The smallest absolute Gasteiger partial charge is 0.226 e. The zero-order chi connectivity index (χ0) is 21.5. The van der Waals surface area contributed by atoms with Gasteiger partial charge in [0.15, 0.2) is 16.6 Å². The number of aromatic nitrogens is 2. The molecule has 0 fully saturated rings. The first-order valence-corrected chi connectivity index (χ1v) is 10.2. The minimum absolute atomic E-state index is 0.148. The lowest BCUT2D eigenvalue weighted by molar-refractivity contribution is -0.120. The lowest BCUT2D eigenvalue weighted by atomic mass is 10.1. The van der Waals surface area contributed by atoms with Crippen LogP contribution < -0.4 is 24.8 Å². The Bertz CT molecular complexity index is 985. The molecule has 0 saturated carbocycles. The molecule has 158 valence electrons. The van der Waals surface area contributed by atoms with Crippen molar-refractivity contribution in [3.8, 4) is 17.2 Å². The van der Waals surface area contributed by atoms with Crippen LogP contribution in [0.4, 0.5) is 10.9 Å². The predicted molar refractivity (Wildman–Crippen MR) is 116 cm³/mol. The van der Waals surface area contributed by atoms with Crippen LogP contribution in [0.5, 0.6) is 17.2 Å². The largest absolute Gasteiger partial charge is 0.493 e. The number of methoxy groups -OCH3 is 3. The number of hydrogen-bond acceptors (Lipinski definition) is 8. The van der Waals surface area contributed by atoms with Gasteiger partial charge in [0.05, 0.1) is 38.5 Å². The summed E-state index contributed by atoms with van der Waals surface area (Å²) in [5.41, 5.74) is 1.49. The summed E-state index contributed by atoms with van der Waals surface area (Å²) < 4.78 is 16.0. The molecule has 0 atom stereocenters. The van der Waals surface area contributed by atoms with Crippen molar-refractivity contribution >= 4 is 39.8 Å². The Kier molecular flexibility index (Phi) is 7.31. The van der Waals surface area contributed by atoms with Crippen LogP contribution in [-0.2, 0) is 17.8 Å². The van der Waals surface area contributed by atoms with Crippen molar-refractivity contribution in [2.75, 3.05) is 26.6 Å². The van der Waals surface area contributed by atoms with Crippen LogP contribution in [0.2, 0.25) is 5.02 Å². The Hall–Kier alpha value is -3.04. The first-order chi connectivity index (χ1) is 14.5. The minimum atomic E-state index is -0.148. The summed E-state index contributed by atoms with van der Waals surface area (Å²) in [5, 5.41) is 9.00. The lowest BCUT2D eigenvalue weighted by Crippen LogP contribution is -2.24. The number of benzene rings is 1. The zero-order valence-corrected chi connectivity index (χ0v) is 18.3. The van der Waals surface area contributed by atoms with Gasteiger partial charge in [-0.3, -0.25) is 4.79 Å². The molecule has 2 aromatic heterocycles. The molecule has 3 rings (SSSR count). The molecule has 0 spiro atoms. The number of pyridine rings is 1. The van der Waals surface area contributed by atoms with Gasteiger partial charge in [0.2, 0.25) is 11.7 Å². The molecule has 0 unspecified atom stereocenters. The highest BCUT2D eigenvalue weighted by molar-refractivity contribution is 7.13. The van der Waals surface area contributed by atoms with E-state index in [0.29, 0.717) is 45.5 Å². The van der Waals surface area contributed by atoms with E-state index in [2.05, 4.69) is 20.6 Å². The first kappa shape index (κ1) is 21.7. The van der Waals surface area contributed by atoms with Gasteiger partial charge in [0, 0.05) is 18.1 Å². The van der Waals surface area contributed by atoms with Crippen molar-refractivity contribution in [3.63, 3.8) is 0 Å². The maximum Gasteiger partial charge on any atom is 0.226 e. The maximum absolute atomic E-state index is 12.3. The van der Waals surface area contributed by atoms with Crippen LogP contribution in [0.25, 0.3) is 0 Å². The van der Waals surface area contributed by atoms with Crippen molar-refractivity contribution < 1.29 is 19.0 Å². The molecule has 0 radical (unpaired) electrons.